The molecule has 0 fully saturated rings. The van der Waals surface area contributed by atoms with Gasteiger partial charge in [0.15, 0.2) is 0 Å². The van der Waals surface area contributed by atoms with Gasteiger partial charge in [0.05, 0.1) is 0 Å². The van der Waals surface area contributed by atoms with Crippen LogP contribution in [0.2, 0.25) is 0 Å². The Hall–Kier alpha value is -0.410. The molecule has 12 heavy (non-hydrogen) atoms. The van der Waals surface area contributed by atoms with Crippen molar-refractivity contribution in [2.24, 2.45) is 5.92 Å². The van der Waals surface area contributed by atoms with Gasteiger partial charge in [-0.2, -0.15) is 0 Å². The number of thiazole rings is 1. The molecule has 0 bridgehead atoms. The Morgan fingerprint density at radius 2 is 2.50 bits per heavy atom. The summed E-state index contributed by atoms with van der Waals surface area (Å²) in [7, 11) is 0. The minimum atomic E-state index is 0.768. The highest BCUT2D eigenvalue weighted by atomic mass is 32.1. The molecule has 1 aromatic heterocycles. The molecule has 68 valence electrons. The second kappa shape index (κ2) is 5.27. The van der Waals surface area contributed by atoms with Gasteiger partial charge in [0.1, 0.15) is 5.01 Å². The largest absolute Gasteiger partial charge is 0.310 e. The van der Waals surface area contributed by atoms with Crippen LogP contribution in [0.3, 0.4) is 0 Å². The highest BCUT2D eigenvalue weighted by Crippen LogP contribution is 2.03. The van der Waals surface area contributed by atoms with Crippen LogP contribution in [-0.4, -0.2) is 11.5 Å². The second-order valence-electron chi connectivity index (χ2n) is 3.07. The van der Waals surface area contributed by atoms with E-state index in [0.29, 0.717) is 0 Å². The Bertz CT molecular complexity index is 196. The van der Waals surface area contributed by atoms with E-state index in [2.05, 4.69) is 24.1 Å². The van der Waals surface area contributed by atoms with Crippen molar-refractivity contribution in [3.8, 4) is 0 Å². The number of aromatic nitrogens is 1. The van der Waals surface area contributed by atoms with Crippen LogP contribution in [0.5, 0.6) is 0 Å². The van der Waals surface area contributed by atoms with Crippen molar-refractivity contribution in [2.75, 3.05) is 6.54 Å². The molecular formula is C9H16N2S. The van der Waals surface area contributed by atoms with E-state index in [9.17, 15) is 0 Å². The van der Waals surface area contributed by atoms with E-state index in [1.807, 2.05) is 11.6 Å². The minimum absolute atomic E-state index is 0.768. The molecule has 0 saturated carbocycles. The van der Waals surface area contributed by atoms with E-state index in [-0.39, 0.29) is 0 Å². The first-order chi connectivity index (χ1) is 5.83. The standard InChI is InChI=1S/C9H16N2S/c1-3-8(2)6-10-7-9-11-4-5-12-9/h4-5,8,10H,3,6-7H2,1-2H3. The van der Waals surface area contributed by atoms with E-state index in [1.54, 1.807) is 11.3 Å². The summed E-state index contributed by atoms with van der Waals surface area (Å²) in [4.78, 5) is 4.19. The Balaban J connectivity index is 2.11. The Morgan fingerprint density at radius 3 is 3.08 bits per heavy atom. The van der Waals surface area contributed by atoms with Crippen molar-refractivity contribution < 1.29 is 0 Å². The topological polar surface area (TPSA) is 24.9 Å². The van der Waals surface area contributed by atoms with E-state index in [1.165, 1.54) is 11.4 Å². The fraction of sp³-hybridized carbons (Fsp3) is 0.667. The molecule has 2 nitrogen and oxygen atoms in total. The van der Waals surface area contributed by atoms with Gasteiger partial charge < -0.3 is 5.32 Å². The monoisotopic (exact) mass is 184 g/mol. The smallest absolute Gasteiger partial charge is 0.106 e. The zero-order valence-corrected chi connectivity index (χ0v) is 8.53. The van der Waals surface area contributed by atoms with Crippen LogP contribution in [0.15, 0.2) is 11.6 Å². The third kappa shape index (κ3) is 3.32. The third-order valence-corrected chi connectivity index (χ3v) is 2.73. The maximum Gasteiger partial charge on any atom is 0.106 e. The summed E-state index contributed by atoms with van der Waals surface area (Å²) in [6, 6.07) is 0. The Morgan fingerprint density at radius 1 is 1.67 bits per heavy atom. The number of nitrogens with zero attached hydrogens (tertiary/aromatic N) is 1. The fourth-order valence-electron chi connectivity index (χ4n) is 0.910. The number of nitrogens with one attached hydrogen (secondary N) is 1. The van der Waals surface area contributed by atoms with Crippen molar-refractivity contribution in [1.29, 1.82) is 0 Å². The van der Waals surface area contributed by atoms with Crippen LogP contribution in [0, 0.1) is 5.92 Å². The number of rotatable bonds is 5. The maximum absolute atomic E-state index is 4.19. The molecule has 0 spiro atoms. The van der Waals surface area contributed by atoms with Crippen LogP contribution < -0.4 is 5.32 Å². The van der Waals surface area contributed by atoms with Gasteiger partial charge in [-0.1, -0.05) is 20.3 Å². The molecule has 1 aromatic rings. The highest BCUT2D eigenvalue weighted by molar-refractivity contribution is 7.09. The average molecular weight is 184 g/mol. The lowest BCUT2D eigenvalue weighted by atomic mass is 10.1. The van der Waals surface area contributed by atoms with Gasteiger partial charge in [0.2, 0.25) is 0 Å². The van der Waals surface area contributed by atoms with Crippen molar-refractivity contribution in [1.82, 2.24) is 10.3 Å². The van der Waals surface area contributed by atoms with E-state index in [4.69, 9.17) is 0 Å². The summed E-state index contributed by atoms with van der Waals surface area (Å²) >= 11 is 1.71. The molecule has 0 aliphatic carbocycles. The maximum atomic E-state index is 4.19. The summed E-state index contributed by atoms with van der Waals surface area (Å²) in [5.74, 6) is 0.768. The second-order valence-corrected chi connectivity index (χ2v) is 4.05. The van der Waals surface area contributed by atoms with Crippen LogP contribution in [0.4, 0.5) is 0 Å². The van der Waals surface area contributed by atoms with Gasteiger partial charge in [-0.3, -0.25) is 0 Å². The first-order valence-corrected chi connectivity index (χ1v) is 5.30. The summed E-state index contributed by atoms with van der Waals surface area (Å²) < 4.78 is 0. The summed E-state index contributed by atoms with van der Waals surface area (Å²) in [5.41, 5.74) is 0. The SMILES string of the molecule is CCC(C)CNCc1nccs1. The van der Waals surface area contributed by atoms with E-state index >= 15 is 0 Å². The molecule has 1 unspecified atom stereocenters. The van der Waals surface area contributed by atoms with Crippen molar-refractivity contribution in [3.05, 3.63) is 16.6 Å². The molecule has 1 heterocycles. The lowest BCUT2D eigenvalue weighted by Gasteiger charge is -2.07. The van der Waals surface area contributed by atoms with Crippen LogP contribution >= 0.6 is 11.3 Å². The first kappa shape index (κ1) is 9.68. The molecule has 0 aliphatic rings. The van der Waals surface area contributed by atoms with Crippen LogP contribution in [0.25, 0.3) is 0 Å². The normalized spacial score (nSPS) is 13.2. The van der Waals surface area contributed by atoms with Gasteiger partial charge >= 0.3 is 0 Å². The lowest BCUT2D eigenvalue weighted by molar-refractivity contribution is 0.499. The van der Waals surface area contributed by atoms with Gasteiger partial charge in [0.25, 0.3) is 0 Å². The molecule has 0 radical (unpaired) electrons. The van der Waals surface area contributed by atoms with Crippen molar-refractivity contribution in [3.63, 3.8) is 0 Å². The fourth-order valence-corrected chi connectivity index (χ4v) is 1.50. The Kier molecular flexibility index (Phi) is 4.25. The third-order valence-electron chi connectivity index (χ3n) is 1.95. The zero-order valence-electron chi connectivity index (χ0n) is 7.71. The highest BCUT2D eigenvalue weighted by Gasteiger charge is 1.98. The van der Waals surface area contributed by atoms with E-state index in [0.717, 1.165) is 19.0 Å². The average Bonchev–Trinajstić information content (AvgIpc) is 2.57. The van der Waals surface area contributed by atoms with Gasteiger partial charge in [-0.05, 0) is 12.5 Å². The minimum Gasteiger partial charge on any atom is -0.310 e. The molecule has 0 aliphatic heterocycles. The van der Waals surface area contributed by atoms with Crippen LogP contribution in [-0.2, 0) is 6.54 Å². The molecule has 1 rings (SSSR count). The van der Waals surface area contributed by atoms with E-state index < -0.39 is 0 Å². The lowest BCUT2D eigenvalue weighted by Crippen LogP contribution is -2.20. The van der Waals surface area contributed by atoms with Gasteiger partial charge in [0, 0.05) is 18.1 Å². The summed E-state index contributed by atoms with van der Waals surface area (Å²) in [6.07, 6.45) is 3.09. The van der Waals surface area contributed by atoms with Gasteiger partial charge in [-0.15, -0.1) is 11.3 Å². The predicted octanol–water partition coefficient (Wildman–Crippen LogP) is 2.28. The predicted molar refractivity (Wildman–Crippen MR) is 53.3 cm³/mol. The van der Waals surface area contributed by atoms with Crippen molar-refractivity contribution in [2.45, 2.75) is 26.8 Å². The Labute approximate surface area is 78.0 Å². The van der Waals surface area contributed by atoms with Gasteiger partial charge in [-0.25, -0.2) is 4.98 Å². The molecular weight excluding hydrogens is 168 g/mol. The molecule has 1 N–H and O–H groups in total. The molecule has 0 amide bonds. The summed E-state index contributed by atoms with van der Waals surface area (Å²) in [5, 5.41) is 6.58. The van der Waals surface area contributed by atoms with Crippen molar-refractivity contribution >= 4 is 11.3 Å². The molecule has 3 heteroatoms. The number of hydrogen-bond acceptors (Lipinski definition) is 3. The zero-order chi connectivity index (χ0) is 8.81. The summed E-state index contributed by atoms with van der Waals surface area (Å²) in [6.45, 7) is 6.49. The first-order valence-electron chi connectivity index (χ1n) is 4.42. The number of hydrogen-bond donors (Lipinski definition) is 1. The molecule has 0 saturated heterocycles. The molecule has 0 aromatic carbocycles. The van der Waals surface area contributed by atoms with Crippen LogP contribution in [0.1, 0.15) is 25.3 Å². The molecule has 1 atom stereocenters. The quantitative estimate of drug-likeness (QED) is 0.759.